The van der Waals surface area contributed by atoms with E-state index in [9.17, 15) is 14.9 Å². The Morgan fingerprint density at radius 2 is 1.92 bits per heavy atom. The molecule has 1 aliphatic rings. The van der Waals surface area contributed by atoms with Gasteiger partial charge in [-0.3, -0.25) is 19.1 Å². The van der Waals surface area contributed by atoms with Crippen molar-refractivity contribution in [2.45, 2.75) is 13.3 Å². The lowest BCUT2D eigenvalue weighted by molar-refractivity contribution is -0.122. The van der Waals surface area contributed by atoms with Gasteiger partial charge < -0.3 is 19.5 Å². The maximum atomic E-state index is 13.0. The van der Waals surface area contributed by atoms with Gasteiger partial charge in [0.1, 0.15) is 21.8 Å². The van der Waals surface area contributed by atoms with Gasteiger partial charge in [-0.15, -0.1) is 0 Å². The molecule has 2 heterocycles. The second-order valence-corrected chi connectivity index (χ2v) is 9.61. The second kappa shape index (κ2) is 12.1. The van der Waals surface area contributed by atoms with Crippen LogP contribution in [-0.2, 0) is 23.0 Å². The third-order valence-electron chi connectivity index (χ3n) is 5.82. The topological polar surface area (TPSA) is 106 Å². The summed E-state index contributed by atoms with van der Waals surface area (Å²) in [6.07, 6.45) is 2.33. The van der Waals surface area contributed by atoms with Crippen molar-refractivity contribution in [3.05, 3.63) is 55.7 Å². The summed E-state index contributed by atoms with van der Waals surface area (Å²) in [5.74, 6) is 1.56. The minimum Gasteiger partial charge on any atom is -0.493 e. The van der Waals surface area contributed by atoms with Crippen molar-refractivity contribution in [3.63, 3.8) is 0 Å². The van der Waals surface area contributed by atoms with E-state index in [1.807, 2.05) is 24.3 Å². The van der Waals surface area contributed by atoms with Gasteiger partial charge in [0.15, 0.2) is 11.5 Å². The fourth-order valence-corrected chi connectivity index (χ4v) is 5.10. The Morgan fingerprint density at radius 3 is 2.56 bits per heavy atom. The molecule has 11 heteroatoms. The number of ether oxygens (including phenoxy) is 3. The van der Waals surface area contributed by atoms with Gasteiger partial charge in [-0.05, 0) is 42.7 Å². The molecule has 1 aromatic carbocycles. The number of carbonyl (C=O) groups excluding carboxylic acids is 1. The third kappa shape index (κ3) is 5.56. The van der Waals surface area contributed by atoms with Crippen molar-refractivity contribution in [1.82, 2.24) is 9.47 Å². The van der Waals surface area contributed by atoms with Crippen LogP contribution in [0.2, 0.25) is 0 Å². The minimum absolute atomic E-state index is 0.0315. The van der Waals surface area contributed by atoms with E-state index in [-0.39, 0.29) is 11.5 Å². The molecule has 0 atom stereocenters. The van der Waals surface area contributed by atoms with E-state index in [2.05, 4.69) is 5.32 Å². The maximum Gasteiger partial charge on any atom is 0.270 e. The molecule has 2 aromatic rings. The van der Waals surface area contributed by atoms with Crippen molar-refractivity contribution in [2.24, 2.45) is 7.05 Å². The Hall–Kier alpha value is -3.33. The number of thiocarbonyl (C=S) groups is 1. The molecule has 1 amide bonds. The van der Waals surface area contributed by atoms with E-state index in [1.54, 1.807) is 41.4 Å². The first-order valence-corrected chi connectivity index (χ1v) is 12.3. The number of hydrogen-bond acceptors (Lipinski definition) is 9. The molecule has 1 N–H and O–H groups in total. The molecular weight excluding hydrogens is 500 g/mol. The monoisotopic (exact) mass is 528 g/mol. The van der Waals surface area contributed by atoms with Crippen LogP contribution in [0.4, 0.5) is 5.82 Å². The number of nitrogens with one attached hydrogen (secondary N) is 1. The van der Waals surface area contributed by atoms with Crippen LogP contribution in [0.3, 0.4) is 0 Å². The van der Waals surface area contributed by atoms with Crippen molar-refractivity contribution < 1.29 is 19.0 Å². The van der Waals surface area contributed by atoms with Crippen molar-refractivity contribution in [3.8, 4) is 17.6 Å². The molecule has 190 valence electrons. The van der Waals surface area contributed by atoms with Gasteiger partial charge in [0.25, 0.3) is 11.5 Å². The Labute approximate surface area is 219 Å². The SMILES string of the molecule is COCCN1C(=O)/C(=C\c2c(C)c(C#N)c(=O)n(C)c2NCCc2ccc(OC)c(OC)c2)SC1=S. The molecule has 1 aliphatic heterocycles. The van der Waals surface area contributed by atoms with Crippen LogP contribution in [-0.4, -0.2) is 60.7 Å². The summed E-state index contributed by atoms with van der Waals surface area (Å²) in [5, 5.41) is 12.9. The van der Waals surface area contributed by atoms with Crippen LogP contribution in [0, 0.1) is 18.3 Å². The number of thioether (sulfide) groups is 1. The summed E-state index contributed by atoms with van der Waals surface area (Å²) in [7, 11) is 6.33. The maximum absolute atomic E-state index is 13.0. The summed E-state index contributed by atoms with van der Waals surface area (Å²) in [6, 6.07) is 7.68. The summed E-state index contributed by atoms with van der Waals surface area (Å²) in [6.45, 7) is 2.91. The van der Waals surface area contributed by atoms with E-state index in [0.717, 1.165) is 5.56 Å². The third-order valence-corrected chi connectivity index (χ3v) is 7.20. The predicted octanol–water partition coefficient (Wildman–Crippen LogP) is 3.08. The zero-order valence-electron chi connectivity index (χ0n) is 20.8. The number of amides is 1. The Balaban J connectivity index is 1.95. The molecule has 9 nitrogen and oxygen atoms in total. The van der Waals surface area contributed by atoms with Gasteiger partial charge >= 0.3 is 0 Å². The molecular formula is C25H28N4O5S2. The summed E-state index contributed by atoms with van der Waals surface area (Å²) >= 11 is 6.56. The first kappa shape index (κ1) is 27.3. The van der Waals surface area contributed by atoms with E-state index >= 15 is 0 Å². The van der Waals surface area contributed by atoms with Gasteiger partial charge in [-0.1, -0.05) is 30.0 Å². The highest BCUT2D eigenvalue weighted by atomic mass is 32.2. The van der Waals surface area contributed by atoms with Crippen LogP contribution in [0.15, 0.2) is 27.9 Å². The first-order chi connectivity index (χ1) is 17.3. The van der Waals surface area contributed by atoms with Gasteiger partial charge in [0.2, 0.25) is 0 Å². The molecule has 0 unspecified atom stereocenters. The van der Waals surface area contributed by atoms with E-state index in [4.69, 9.17) is 26.4 Å². The van der Waals surface area contributed by atoms with Gasteiger partial charge in [0, 0.05) is 26.3 Å². The molecule has 0 spiro atoms. The zero-order chi connectivity index (χ0) is 26.4. The smallest absolute Gasteiger partial charge is 0.270 e. The summed E-state index contributed by atoms with van der Waals surface area (Å²) < 4.78 is 17.6. The summed E-state index contributed by atoms with van der Waals surface area (Å²) in [5.41, 5.74) is 1.72. The summed E-state index contributed by atoms with van der Waals surface area (Å²) in [4.78, 5) is 27.7. The van der Waals surface area contributed by atoms with Crippen molar-refractivity contribution >= 4 is 46.1 Å². The molecule has 3 rings (SSSR count). The average Bonchev–Trinajstić information content (AvgIpc) is 3.14. The van der Waals surface area contributed by atoms with Crippen LogP contribution in [0.1, 0.15) is 22.3 Å². The number of benzene rings is 1. The van der Waals surface area contributed by atoms with Crippen LogP contribution in [0.25, 0.3) is 6.08 Å². The number of carbonyl (C=O) groups is 1. The van der Waals surface area contributed by atoms with E-state index in [0.29, 0.717) is 63.8 Å². The number of anilines is 1. The molecule has 0 saturated carbocycles. The van der Waals surface area contributed by atoms with Gasteiger partial charge in [-0.25, -0.2) is 0 Å². The van der Waals surface area contributed by atoms with Crippen molar-refractivity contribution in [2.75, 3.05) is 46.3 Å². The minimum atomic E-state index is -0.409. The predicted molar refractivity (Wildman–Crippen MR) is 145 cm³/mol. The number of hydrogen-bond donors (Lipinski definition) is 1. The number of methoxy groups -OCH3 is 3. The fraction of sp³-hybridized carbons (Fsp3) is 0.360. The first-order valence-electron chi connectivity index (χ1n) is 11.1. The highest BCUT2D eigenvalue weighted by Gasteiger charge is 2.32. The van der Waals surface area contributed by atoms with E-state index in [1.165, 1.54) is 21.2 Å². The largest absolute Gasteiger partial charge is 0.493 e. The van der Waals surface area contributed by atoms with E-state index < -0.39 is 5.56 Å². The molecule has 1 saturated heterocycles. The second-order valence-electron chi connectivity index (χ2n) is 7.93. The molecule has 0 bridgehead atoms. The van der Waals surface area contributed by atoms with Crippen LogP contribution in [0.5, 0.6) is 11.5 Å². The lowest BCUT2D eigenvalue weighted by atomic mass is 10.0. The molecule has 0 aliphatic carbocycles. The Kier molecular flexibility index (Phi) is 9.14. The Morgan fingerprint density at radius 1 is 1.19 bits per heavy atom. The lowest BCUT2D eigenvalue weighted by Gasteiger charge is -2.18. The number of aromatic nitrogens is 1. The zero-order valence-corrected chi connectivity index (χ0v) is 22.5. The molecule has 36 heavy (non-hydrogen) atoms. The fourth-order valence-electron chi connectivity index (χ4n) is 3.81. The van der Waals surface area contributed by atoms with Crippen molar-refractivity contribution in [1.29, 1.82) is 5.26 Å². The molecule has 0 radical (unpaired) electrons. The number of pyridine rings is 1. The standard InChI is InChI=1S/C25H28N4O5S2/c1-15-17(13-21-24(31)29(10-11-32-3)25(35)36-21)22(28(2)23(30)18(15)14-26)27-9-8-16-6-7-19(33-4)20(12-16)34-5/h6-7,12-13,27H,8-11H2,1-5H3/b21-13+. The number of nitriles is 1. The highest BCUT2D eigenvalue weighted by Crippen LogP contribution is 2.35. The molecule has 1 fully saturated rings. The molecule has 1 aromatic heterocycles. The number of nitrogens with zero attached hydrogens (tertiary/aromatic N) is 3. The highest BCUT2D eigenvalue weighted by molar-refractivity contribution is 8.26. The van der Waals surface area contributed by atoms with Crippen LogP contribution >= 0.6 is 24.0 Å². The van der Waals surface area contributed by atoms with Gasteiger partial charge in [-0.2, -0.15) is 5.26 Å². The normalized spacial score (nSPS) is 14.3. The Bertz CT molecular complexity index is 1310. The lowest BCUT2D eigenvalue weighted by Crippen LogP contribution is -2.31. The quantitative estimate of drug-likeness (QED) is 0.368. The van der Waals surface area contributed by atoms with Crippen LogP contribution < -0.4 is 20.3 Å². The number of rotatable bonds is 10. The average molecular weight is 529 g/mol. The van der Waals surface area contributed by atoms with Gasteiger partial charge in [0.05, 0.1) is 32.3 Å².